The number of anilines is 1. The maximum absolute atomic E-state index is 13.0. The fourth-order valence-electron chi connectivity index (χ4n) is 3.51. The minimum atomic E-state index is -0.390. The van der Waals surface area contributed by atoms with Crippen LogP contribution in [-0.2, 0) is 11.3 Å². The number of piperidine rings is 1. The van der Waals surface area contributed by atoms with Crippen molar-refractivity contribution in [3.63, 3.8) is 0 Å². The SMILES string of the molecule is O=C1NC(=O)/C(=C\c2ccnc(N3CCC(CNCc4ccc(F)cc4)CC3)n2)S1. The molecule has 2 N–H and O–H groups in total. The van der Waals surface area contributed by atoms with Crippen LogP contribution in [0.15, 0.2) is 41.4 Å². The summed E-state index contributed by atoms with van der Waals surface area (Å²) >= 11 is 0.879. The number of carbonyl (C=O) groups excluding carboxylic acids is 2. The molecule has 30 heavy (non-hydrogen) atoms. The van der Waals surface area contributed by atoms with Crippen molar-refractivity contribution < 1.29 is 14.0 Å². The number of thioether (sulfide) groups is 1. The van der Waals surface area contributed by atoms with E-state index in [2.05, 4.69) is 25.5 Å². The van der Waals surface area contributed by atoms with Gasteiger partial charge in [-0.05, 0) is 66.9 Å². The van der Waals surface area contributed by atoms with E-state index < -0.39 is 0 Å². The molecule has 2 aliphatic rings. The number of halogens is 1. The molecule has 9 heteroatoms. The molecular formula is C21H22FN5O2S. The second-order valence-electron chi connectivity index (χ2n) is 7.32. The summed E-state index contributed by atoms with van der Waals surface area (Å²) in [6.07, 6.45) is 5.34. The molecule has 0 radical (unpaired) electrons. The number of hydrogen-bond acceptors (Lipinski definition) is 7. The number of nitrogens with one attached hydrogen (secondary N) is 2. The van der Waals surface area contributed by atoms with Crippen molar-refractivity contribution in [1.29, 1.82) is 0 Å². The molecule has 4 rings (SSSR count). The van der Waals surface area contributed by atoms with E-state index in [1.165, 1.54) is 12.1 Å². The van der Waals surface area contributed by atoms with Crippen molar-refractivity contribution in [2.24, 2.45) is 5.92 Å². The van der Waals surface area contributed by atoms with Crippen LogP contribution in [0.3, 0.4) is 0 Å². The molecule has 7 nitrogen and oxygen atoms in total. The van der Waals surface area contributed by atoms with Gasteiger partial charge in [0.15, 0.2) is 0 Å². The van der Waals surface area contributed by atoms with Crippen LogP contribution in [0.25, 0.3) is 6.08 Å². The van der Waals surface area contributed by atoms with Crippen LogP contribution in [0.5, 0.6) is 0 Å². The average molecular weight is 428 g/mol. The lowest BCUT2D eigenvalue weighted by Crippen LogP contribution is -2.38. The zero-order valence-corrected chi connectivity index (χ0v) is 17.1. The van der Waals surface area contributed by atoms with E-state index in [-0.39, 0.29) is 17.0 Å². The molecule has 2 aromatic rings. The topological polar surface area (TPSA) is 87.2 Å². The number of carbonyl (C=O) groups is 2. The lowest BCUT2D eigenvalue weighted by molar-refractivity contribution is -0.115. The maximum Gasteiger partial charge on any atom is 0.290 e. The Balaban J connectivity index is 1.28. The zero-order chi connectivity index (χ0) is 20.9. The van der Waals surface area contributed by atoms with E-state index in [0.29, 0.717) is 22.5 Å². The van der Waals surface area contributed by atoms with Gasteiger partial charge >= 0.3 is 0 Å². The Labute approximate surface area is 178 Å². The minimum Gasteiger partial charge on any atom is -0.341 e. The Hall–Kier alpha value is -2.78. The van der Waals surface area contributed by atoms with Crippen molar-refractivity contribution >= 4 is 34.9 Å². The van der Waals surface area contributed by atoms with Gasteiger partial charge in [0.25, 0.3) is 11.1 Å². The van der Waals surface area contributed by atoms with Crippen LogP contribution in [0.4, 0.5) is 15.1 Å². The number of aromatic nitrogens is 2. The summed E-state index contributed by atoms with van der Waals surface area (Å²) in [5.41, 5.74) is 1.68. The molecule has 0 atom stereocenters. The summed E-state index contributed by atoms with van der Waals surface area (Å²) < 4.78 is 13.0. The van der Waals surface area contributed by atoms with Crippen LogP contribution < -0.4 is 15.5 Å². The molecule has 1 aromatic carbocycles. The highest BCUT2D eigenvalue weighted by Gasteiger charge is 2.25. The molecule has 2 fully saturated rings. The molecule has 0 unspecified atom stereocenters. The monoisotopic (exact) mass is 427 g/mol. The number of hydrogen-bond donors (Lipinski definition) is 2. The van der Waals surface area contributed by atoms with Gasteiger partial charge < -0.3 is 10.2 Å². The first-order valence-electron chi connectivity index (χ1n) is 9.85. The first kappa shape index (κ1) is 20.5. The van der Waals surface area contributed by atoms with Gasteiger partial charge in [0, 0.05) is 25.8 Å². The first-order chi connectivity index (χ1) is 14.6. The highest BCUT2D eigenvalue weighted by atomic mass is 32.2. The molecule has 3 heterocycles. The summed E-state index contributed by atoms with van der Waals surface area (Å²) in [7, 11) is 0. The Morgan fingerprint density at radius 1 is 1.20 bits per heavy atom. The minimum absolute atomic E-state index is 0.215. The van der Waals surface area contributed by atoms with Crippen LogP contribution in [-0.4, -0.2) is 40.7 Å². The predicted molar refractivity (Wildman–Crippen MR) is 114 cm³/mol. The Morgan fingerprint density at radius 2 is 1.97 bits per heavy atom. The van der Waals surface area contributed by atoms with E-state index in [1.807, 2.05) is 0 Å². The quantitative estimate of drug-likeness (QED) is 0.686. The summed E-state index contributed by atoms with van der Waals surface area (Å²) in [4.78, 5) is 34.4. The summed E-state index contributed by atoms with van der Waals surface area (Å²) in [6, 6.07) is 8.28. The van der Waals surface area contributed by atoms with E-state index in [1.54, 1.807) is 30.5 Å². The van der Waals surface area contributed by atoms with Gasteiger partial charge in [0.2, 0.25) is 5.95 Å². The lowest BCUT2D eigenvalue weighted by Gasteiger charge is -2.32. The smallest absolute Gasteiger partial charge is 0.290 e. The molecule has 2 aliphatic heterocycles. The van der Waals surface area contributed by atoms with Gasteiger partial charge in [0.1, 0.15) is 5.82 Å². The van der Waals surface area contributed by atoms with Crippen LogP contribution >= 0.6 is 11.8 Å². The molecular weight excluding hydrogens is 405 g/mol. The van der Waals surface area contributed by atoms with E-state index in [0.717, 1.165) is 56.3 Å². The van der Waals surface area contributed by atoms with Crippen LogP contribution in [0.1, 0.15) is 24.1 Å². The lowest BCUT2D eigenvalue weighted by atomic mass is 9.97. The molecule has 156 valence electrons. The van der Waals surface area contributed by atoms with Gasteiger partial charge in [-0.1, -0.05) is 12.1 Å². The van der Waals surface area contributed by atoms with Gasteiger partial charge in [-0.15, -0.1) is 0 Å². The second kappa shape index (κ2) is 9.36. The Morgan fingerprint density at radius 3 is 2.67 bits per heavy atom. The second-order valence-corrected chi connectivity index (χ2v) is 8.34. The third kappa shape index (κ3) is 5.22. The molecule has 1 aromatic heterocycles. The van der Waals surface area contributed by atoms with Gasteiger partial charge in [0.05, 0.1) is 10.6 Å². The van der Waals surface area contributed by atoms with Crippen molar-refractivity contribution in [1.82, 2.24) is 20.6 Å². The first-order valence-corrected chi connectivity index (χ1v) is 10.7. The number of amides is 2. The van der Waals surface area contributed by atoms with Crippen LogP contribution in [0, 0.1) is 11.7 Å². The van der Waals surface area contributed by atoms with Crippen molar-refractivity contribution in [3.05, 3.63) is 58.5 Å². The zero-order valence-electron chi connectivity index (χ0n) is 16.3. The number of benzene rings is 1. The fourth-order valence-corrected chi connectivity index (χ4v) is 4.18. The van der Waals surface area contributed by atoms with E-state index in [9.17, 15) is 14.0 Å². The van der Waals surface area contributed by atoms with Gasteiger partial charge in [-0.3, -0.25) is 14.9 Å². The standard InChI is InChI=1S/C21H22FN5O2S/c22-16-3-1-14(2-4-16)12-23-13-15-6-9-27(10-7-15)20-24-8-5-17(25-20)11-18-19(28)26-21(29)30-18/h1-5,8,11,15,23H,6-7,9-10,12-13H2,(H,26,28,29)/b18-11+. The molecule has 2 amide bonds. The van der Waals surface area contributed by atoms with E-state index in [4.69, 9.17) is 0 Å². The summed E-state index contributed by atoms with van der Waals surface area (Å²) in [5, 5.41) is 5.33. The maximum atomic E-state index is 13.0. The van der Waals surface area contributed by atoms with Crippen molar-refractivity contribution in [3.8, 4) is 0 Å². The van der Waals surface area contributed by atoms with Gasteiger partial charge in [-0.2, -0.15) is 0 Å². The molecule has 0 bridgehead atoms. The predicted octanol–water partition coefficient (Wildman–Crippen LogP) is 2.95. The third-order valence-electron chi connectivity index (χ3n) is 5.16. The Kier molecular flexibility index (Phi) is 6.39. The number of imide groups is 1. The van der Waals surface area contributed by atoms with Gasteiger partial charge in [-0.25, -0.2) is 14.4 Å². The fraction of sp³-hybridized carbons (Fsp3) is 0.333. The molecule has 2 saturated heterocycles. The van der Waals surface area contributed by atoms with Crippen molar-refractivity contribution in [2.75, 3.05) is 24.5 Å². The summed E-state index contributed by atoms with van der Waals surface area (Å²) in [6.45, 7) is 3.36. The highest BCUT2D eigenvalue weighted by molar-refractivity contribution is 8.18. The third-order valence-corrected chi connectivity index (χ3v) is 5.97. The number of rotatable bonds is 6. The molecule has 0 saturated carbocycles. The summed E-state index contributed by atoms with van der Waals surface area (Å²) in [5.74, 6) is 0.597. The number of nitrogens with zero attached hydrogens (tertiary/aromatic N) is 3. The highest BCUT2D eigenvalue weighted by Crippen LogP contribution is 2.26. The molecule has 0 spiro atoms. The van der Waals surface area contributed by atoms with Crippen LogP contribution in [0.2, 0.25) is 0 Å². The Bertz CT molecular complexity index is 958. The normalized spacial score (nSPS) is 18.8. The largest absolute Gasteiger partial charge is 0.341 e. The average Bonchev–Trinajstić information content (AvgIpc) is 3.07. The van der Waals surface area contributed by atoms with E-state index >= 15 is 0 Å². The van der Waals surface area contributed by atoms with Crippen molar-refractivity contribution in [2.45, 2.75) is 19.4 Å². The molecule has 0 aliphatic carbocycles.